The third-order valence-corrected chi connectivity index (χ3v) is 5.38. The molecular formula is C21H19N3O3S. The van der Waals surface area contributed by atoms with Crippen molar-refractivity contribution < 1.29 is 9.53 Å². The van der Waals surface area contributed by atoms with Gasteiger partial charge in [0.15, 0.2) is 0 Å². The van der Waals surface area contributed by atoms with Crippen molar-refractivity contribution in [2.24, 2.45) is 0 Å². The van der Waals surface area contributed by atoms with Gasteiger partial charge in [0.1, 0.15) is 16.3 Å². The van der Waals surface area contributed by atoms with Crippen LogP contribution in [0.15, 0.2) is 52.6 Å². The monoisotopic (exact) mass is 393 g/mol. The zero-order valence-corrected chi connectivity index (χ0v) is 16.4. The number of aromatic amines is 1. The Kier molecular flexibility index (Phi) is 4.83. The van der Waals surface area contributed by atoms with Gasteiger partial charge in [0.25, 0.3) is 11.5 Å². The first kappa shape index (κ1) is 18.2. The lowest BCUT2D eigenvalue weighted by atomic mass is 10.0. The number of carbonyl (C=O) groups is 1. The van der Waals surface area contributed by atoms with Gasteiger partial charge in [-0.2, -0.15) is 0 Å². The Morgan fingerprint density at radius 1 is 1.21 bits per heavy atom. The molecule has 0 saturated heterocycles. The summed E-state index contributed by atoms with van der Waals surface area (Å²) >= 11 is 1.35. The van der Waals surface area contributed by atoms with E-state index in [0.29, 0.717) is 34.0 Å². The molecule has 0 atom stereocenters. The molecule has 0 saturated carbocycles. The van der Waals surface area contributed by atoms with Crippen LogP contribution in [0.1, 0.15) is 23.1 Å². The van der Waals surface area contributed by atoms with Crippen LogP contribution in [0.25, 0.3) is 21.0 Å². The summed E-state index contributed by atoms with van der Waals surface area (Å²) in [5.74, 6) is 0.806. The normalized spacial score (nSPS) is 11.1. The molecule has 2 heterocycles. The number of rotatable bonds is 5. The van der Waals surface area contributed by atoms with E-state index in [9.17, 15) is 9.59 Å². The Morgan fingerprint density at radius 2 is 1.96 bits per heavy atom. The van der Waals surface area contributed by atoms with Gasteiger partial charge in [0.05, 0.1) is 24.2 Å². The fourth-order valence-electron chi connectivity index (χ4n) is 3.16. The molecule has 0 aliphatic carbocycles. The first-order chi connectivity index (χ1) is 13.6. The number of thiophene rings is 1. The summed E-state index contributed by atoms with van der Waals surface area (Å²) in [7, 11) is 1.69. The van der Waals surface area contributed by atoms with Gasteiger partial charge in [-0.05, 0) is 41.3 Å². The van der Waals surface area contributed by atoms with E-state index in [1.165, 1.54) is 16.2 Å². The lowest BCUT2D eigenvalue weighted by molar-refractivity contribution is 0.0777. The molecule has 0 bridgehead atoms. The molecule has 0 aliphatic rings. The topological polar surface area (TPSA) is 75.3 Å². The number of hydrogen-bond donors (Lipinski definition) is 1. The first-order valence-electron chi connectivity index (χ1n) is 8.94. The number of fused-ring (bicyclic) bond motifs is 2. The highest BCUT2D eigenvalue weighted by Gasteiger charge is 2.19. The van der Waals surface area contributed by atoms with Gasteiger partial charge in [-0.1, -0.05) is 24.3 Å². The number of nitrogens with one attached hydrogen (secondary N) is 1. The summed E-state index contributed by atoms with van der Waals surface area (Å²) in [5.41, 5.74) is 0.948. The third kappa shape index (κ3) is 3.36. The van der Waals surface area contributed by atoms with E-state index in [2.05, 4.69) is 9.97 Å². The van der Waals surface area contributed by atoms with Crippen LogP contribution in [0.2, 0.25) is 0 Å². The van der Waals surface area contributed by atoms with Crippen molar-refractivity contribution in [3.63, 3.8) is 0 Å². The average Bonchev–Trinajstić information content (AvgIpc) is 3.16. The maximum Gasteiger partial charge on any atom is 0.268 e. The van der Waals surface area contributed by atoms with Crippen molar-refractivity contribution in [2.75, 3.05) is 13.7 Å². The molecule has 0 unspecified atom stereocenters. The van der Waals surface area contributed by atoms with Gasteiger partial charge in [0, 0.05) is 7.05 Å². The molecule has 142 valence electrons. The number of H-pyrrole nitrogens is 1. The maximum absolute atomic E-state index is 13.1. The molecule has 2 aromatic carbocycles. The van der Waals surface area contributed by atoms with Crippen LogP contribution < -0.4 is 10.3 Å². The first-order valence-corrected chi connectivity index (χ1v) is 9.82. The van der Waals surface area contributed by atoms with Crippen LogP contribution in [0.4, 0.5) is 0 Å². The van der Waals surface area contributed by atoms with Crippen molar-refractivity contribution >= 4 is 38.2 Å². The summed E-state index contributed by atoms with van der Waals surface area (Å²) in [6, 6.07) is 13.4. The zero-order valence-electron chi connectivity index (χ0n) is 15.6. The van der Waals surface area contributed by atoms with E-state index in [0.717, 1.165) is 10.8 Å². The second-order valence-corrected chi connectivity index (χ2v) is 7.35. The van der Waals surface area contributed by atoms with E-state index in [1.54, 1.807) is 13.1 Å². The number of carbonyl (C=O) groups excluding carboxylic acids is 1. The number of nitrogens with zero attached hydrogens (tertiary/aromatic N) is 2. The summed E-state index contributed by atoms with van der Waals surface area (Å²) in [4.78, 5) is 34.0. The predicted molar refractivity (Wildman–Crippen MR) is 111 cm³/mol. The average molecular weight is 393 g/mol. The van der Waals surface area contributed by atoms with Crippen LogP contribution in [-0.4, -0.2) is 34.4 Å². The van der Waals surface area contributed by atoms with Crippen LogP contribution in [0.5, 0.6) is 5.75 Å². The summed E-state index contributed by atoms with van der Waals surface area (Å²) in [6.45, 7) is 2.54. The quantitative estimate of drug-likeness (QED) is 0.559. The minimum Gasteiger partial charge on any atom is -0.493 e. The molecule has 0 fully saturated rings. The number of ether oxygens (including phenoxy) is 1. The third-order valence-electron chi connectivity index (χ3n) is 4.48. The molecule has 1 amide bonds. The molecule has 6 nitrogen and oxygen atoms in total. The molecule has 0 spiro atoms. The van der Waals surface area contributed by atoms with E-state index < -0.39 is 0 Å². The molecule has 2 aromatic heterocycles. The lowest BCUT2D eigenvalue weighted by Crippen LogP contribution is -2.28. The fourth-order valence-corrected chi connectivity index (χ4v) is 3.89. The number of aromatic nitrogens is 2. The Hall–Kier alpha value is -3.19. The van der Waals surface area contributed by atoms with Crippen molar-refractivity contribution in [3.05, 3.63) is 69.6 Å². The minimum absolute atomic E-state index is 0.184. The molecule has 0 radical (unpaired) electrons. The minimum atomic E-state index is -0.192. The van der Waals surface area contributed by atoms with Gasteiger partial charge in [-0.3, -0.25) is 9.59 Å². The molecule has 28 heavy (non-hydrogen) atoms. The molecule has 7 heteroatoms. The van der Waals surface area contributed by atoms with Gasteiger partial charge in [0.2, 0.25) is 0 Å². The second-order valence-electron chi connectivity index (χ2n) is 6.44. The zero-order chi connectivity index (χ0) is 19.7. The van der Waals surface area contributed by atoms with E-state index in [-0.39, 0.29) is 18.0 Å². The van der Waals surface area contributed by atoms with Crippen molar-refractivity contribution in [1.82, 2.24) is 14.9 Å². The highest BCUT2D eigenvalue weighted by Crippen LogP contribution is 2.27. The second kappa shape index (κ2) is 7.44. The van der Waals surface area contributed by atoms with Crippen LogP contribution in [-0.2, 0) is 6.54 Å². The summed E-state index contributed by atoms with van der Waals surface area (Å²) in [5, 5.41) is 3.81. The standard InChI is InChI=1S/C21H19N3O3S/c1-3-27-17-11-14-7-5-4-6-13(14)10-15(17)21(26)24(2)12-18-22-16-8-9-28-19(16)20(25)23-18/h4-11H,3,12H2,1-2H3,(H,22,23,25). The van der Waals surface area contributed by atoms with Crippen LogP contribution in [0.3, 0.4) is 0 Å². The van der Waals surface area contributed by atoms with E-state index in [4.69, 9.17) is 4.74 Å². The number of benzene rings is 2. The SMILES string of the molecule is CCOc1cc2ccccc2cc1C(=O)N(C)Cc1nc2ccsc2c(=O)[nH]1. The molecule has 4 aromatic rings. The highest BCUT2D eigenvalue weighted by molar-refractivity contribution is 7.17. The van der Waals surface area contributed by atoms with Crippen molar-refractivity contribution in [1.29, 1.82) is 0 Å². The van der Waals surface area contributed by atoms with E-state index in [1.807, 2.05) is 48.7 Å². The van der Waals surface area contributed by atoms with Gasteiger partial charge >= 0.3 is 0 Å². The summed E-state index contributed by atoms with van der Waals surface area (Å²) < 4.78 is 6.30. The molecule has 4 rings (SSSR count). The van der Waals surface area contributed by atoms with E-state index >= 15 is 0 Å². The molecule has 0 aliphatic heterocycles. The Labute approximate surface area is 165 Å². The molecular weight excluding hydrogens is 374 g/mol. The largest absolute Gasteiger partial charge is 0.493 e. The van der Waals surface area contributed by atoms with Gasteiger partial charge < -0.3 is 14.6 Å². The predicted octanol–water partition coefficient (Wildman–Crippen LogP) is 3.81. The van der Waals surface area contributed by atoms with Crippen LogP contribution in [0, 0.1) is 0 Å². The van der Waals surface area contributed by atoms with Crippen LogP contribution >= 0.6 is 11.3 Å². The highest BCUT2D eigenvalue weighted by atomic mass is 32.1. The maximum atomic E-state index is 13.1. The summed E-state index contributed by atoms with van der Waals surface area (Å²) in [6.07, 6.45) is 0. The number of amides is 1. The lowest BCUT2D eigenvalue weighted by Gasteiger charge is -2.19. The van der Waals surface area contributed by atoms with Crippen molar-refractivity contribution in [2.45, 2.75) is 13.5 Å². The molecule has 1 N–H and O–H groups in total. The fraction of sp³-hybridized carbons (Fsp3) is 0.190. The van der Waals surface area contributed by atoms with Gasteiger partial charge in [-0.25, -0.2) is 4.98 Å². The number of hydrogen-bond acceptors (Lipinski definition) is 5. The van der Waals surface area contributed by atoms with Gasteiger partial charge in [-0.15, -0.1) is 11.3 Å². The Morgan fingerprint density at radius 3 is 2.71 bits per heavy atom. The Bertz CT molecular complexity index is 1230. The Balaban J connectivity index is 1.67. The van der Waals surface area contributed by atoms with Crippen molar-refractivity contribution in [3.8, 4) is 5.75 Å². The smallest absolute Gasteiger partial charge is 0.268 e.